The quantitative estimate of drug-likeness (QED) is 0.516. The van der Waals surface area contributed by atoms with Gasteiger partial charge in [0.25, 0.3) is 0 Å². The van der Waals surface area contributed by atoms with Crippen LogP contribution in [0.4, 0.5) is 0 Å². The molecule has 0 aliphatic carbocycles. The van der Waals surface area contributed by atoms with E-state index < -0.39 is 0 Å². The van der Waals surface area contributed by atoms with Crippen LogP contribution in [0.1, 0.15) is 32.6 Å². The first kappa shape index (κ1) is 15.3. The van der Waals surface area contributed by atoms with Crippen LogP contribution in [-0.2, 0) is 14.2 Å². The van der Waals surface area contributed by atoms with Crippen LogP contribution in [0.25, 0.3) is 0 Å². The summed E-state index contributed by atoms with van der Waals surface area (Å²) in [5.41, 5.74) is 3.04. The summed E-state index contributed by atoms with van der Waals surface area (Å²) in [4.78, 5) is 2.15. The first-order valence-corrected chi connectivity index (χ1v) is 9.16. The van der Waals surface area contributed by atoms with Gasteiger partial charge in [-0.15, -0.1) is 5.73 Å². The highest BCUT2D eigenvalue weighted by molar-refractivity contribution is 9.11. The molecule has 3 fully saturated rings. The monoisotopic (exact) mass is 406 g/mol. The fraction of sp³-hybridized carbons (Fsp3) is 0.800. The van der Waals surface area contributed by atoms with Gasteiger partial charge in [-0.1, -0.05) is 38.8 Å². The summed E-state index contributed by atoms with van der Waals surface area (Å²) < 4.78 is 18.6. The standard InChI is InChI=1S/C15H20Br2O3/c1-2-11-14-7-10(17)12(20-14)8-15-13(19-11)6-9(18-15)4-3-5-16/h4-5,9-15H,2,6-8H2,1H3. The van der Waals surface area contributed by atoms with Crippen molar-refractivity contribution in [3.05, 3.63) is 16.8 Å². The van der Waals surface area contributed by atoms with Crippen LogP contribution in [0, 0.1) is 0 Å². The van der Waals surface area contributed by atoms with Gasteiger partial charge in [-0.05, 0) is 18.9 Å². The normalized spacial score (nSPS) is 47.0. The molecule has 0 aromatic carbocycles. The molecule has 0 aromatic heterocycles. The molecule has 3 aliphatic rings. The smallest absolute Gasteiger partial charge is 0.0871 e. The van der Waals surface area contributed by atoms with Gasteiger partial charge in [0, 0.05) is 22.7 Å². The lowest BCUT2D eigenvalue weighted by Crippen LogP contribution is -2.40. The third-order valence-corrected chi connectivity index (χ3v) is 5.64. The molecule has 20 heavy (non-hydrogen) atoms. The van der Waals surface area contributed by atoms with E-state index in [2.05, 4.69) is 44.5 Å². The van der Waals surface area contributed by atoms with Crippen molar-refractivity contribution in [1.82, 2.24) is 0 Å². The van der Waals surface area contributed by atoms with Gasteiger partial charge in [0.2, 0.25) is 0 Å². The van der Waals surface area contributed by atoms with E-state index in [1.165, 1.54) is 0 Å². The Labute approximate surface area is 137 Å². The van der Waals surface area contributed by atoms with Crippen LogP contribution >= 0.6 is 31.9 Å². The Kier molecular flexibility index (Phi) is 5.06. The van der Waals surface area contributed by atoms with Gasteiger partial charge in [0.05, 0.1) is 36.6 Å². The summed E-state index contributed by atoms with van der Waals surface area (Å²) in [5.74, 6) is 0. The maximum Gasteiger partial charge on any atom is 0.0871 e. The van der Waals surface area contributed by atoms with Crippen molar-refractivity contribution in [2.24, 2.45) is 0 Å². The zero-order valence-electron chi connectivity index (χ0n) is 11.5. The third kappa shape index (κ3) is 3.08. The highest BCUT2D eigenvalue weighted by atomic mass is 79.9. The zero-order valence-corrected chi connectivity index (χ0v) is 14.7. The summed E-state index contributed by atoms with van der Waals surface area (Å²) >= 11 is 6.99. The SMILES string of the molecule is CCC1OC2CC(C=C=CBr)OC2CC2OC1CC2Br. The molecule has 3 heterocycles. The summed E-state index contributed by atoms with van der Waals surface area (Å²) in [7, 11) is 0. The molecule has 5 heteroatoms. The predicted octanol–water partition coefficient (Wildman–Crippen LogP) is 3.70. The number of hydrogen-bond acceptors (Lipinski definition) is 3. The van der Waals surface area contributed by atoms with Crippen LogP contribution in [0.5, 0.6) is 0 Å². The Hall–Kier alpha value is 0.360. The number of alkyl halides is 1. The van der Waals surface area contributed by atoms with Crippen LogP contribution in [0.3, 0.4) is 0 Å². The van der Waals surface area contributed by atoms with E-state index in [0.29, 0.717) is 4.83 Å². The summed E-state index contributed by atoms with van der Waals surface area (Å²) in [6.45, 7) is 2.17. The van der Waals surface area contributed by atoms with Crippen LogP contribution < -0.4 is 0 Å². The summed E-state index contributed by atoms with van der Waals surface area (Å²) in [6, 6.07) is 0. The molecule has 7 unspecified atom stereocenters. The minimum atomic E-state index is 0.0988. The second-order valence-corrected chi connectivity index (χ2v) is 7.35. The highest BCUT2D eigenvalue weighted by Gasteiger charge is 2.47. The van der Waals surface area contributed by atoms with Gasteiger partial charge in [-0.3, -0.25) is 0 Å². The fourth-order valence-corrected chi connectivity index (χ4v) is 4.29. The van der Waals surface area contributed by atoms with Gasteiger partial charge in [0.1, 0.15) is 0 Å². The lowest BCUT2D eigenvalue weighted by molar-refractivity contribution is -0.146. The van der Waals surface area contributed by atoms with E-state index in [0.717, 1.165) is 25.7 Å². The zero-order chi connectivity index (χ0) is 14.1. The van der Waals surface area contributed by atoms with E-state index in [-0.39, 0.29) is 36.6 Å². The van der Waals surface area contributed by atoms with E-state index in [1.54, 1.807) is 4.99 Å². The first-order chi connectivity index (χ1) is 9.71. The minimum Gasteiger partial charge on any atom is -0.371 e. The molecular formula is C15H20Br2O3. The van der Waals surface area contributed by atoms with Crippen LogP contribution in [0.15, 0.2) is 16.8 Å². The molecule has 0 saturated carbocycles. The number of ether oxygens (including phenoxy) is 3. The maximum absolute atomic E-state index is 6.31. The molecule has 2 bridgehead atoms. The molecule has 0 aromatic rings. The van der Waals surface area contributed by atoms with Crippen molar-refractivity contribution in [3.63, 3.8) is 0 Å². The van der Waals surface area contributed by atoms with E-state index >= 15 is 0 Å². The molecular weight excluding hydrogens is 388 g/mol. The Morgan fingerprint density at radius 3 is 2.60 bits per heavy atom. The molecule has 0 N–H and O–H groups in total. The highest BCUT2D eigenvalue weighted by Crippen LogP contribution is 2.40. The topological polar surface area (TPSA) is 27.7 Å². The number of fused-ring (bicyclic) bond motifs is 3. The second-order valence-electron chi connectivity index (χ2n) is 5.71. The molecule has 3 rings (SSSR count). The Morgan fingerprint density at radius 2 is 1.85 bits per heavy atom. The Bertz CT molecular complexity index is 402. The van der Waals surface area contributed by atoms with E-state index in [4.69, 9.17) is 14.2 Å². The van der Waals surface area contributed by atoms with Gasteiger partial charge >= 0.3 is 0 Å². The Morgan fingerprint density at radius 1 is 1.05 bits per heavy atom. The average molecular weight is 408 g/mol. The van der Waals surface area contributed by atoms with Crippen molar-refractivity contribution < 1.29 is 14.2 Å². The molecule has 0 radical (unpaired) electrons. The van der Waals surface area contributed by atoms with Gasteiger partial charge < -0.3 is 14.2 Å². The number of hydrogen-bond donors (Lipinski definition) is 0. The van der Waals surface area contributed by atoms with E-state index in [1.807, 2.05) is 6.08 Å². The first-order valence-electron chi connectivity index (χ1n) is 7.33. The fourth-order valence-electron chi connectivity index (χ4n) is 3.43. The van der Waals surface area contributed by atoms with Crippen molar-refractivity contribution in [2.45, 2.75) is 74.1 Å². The van der Waals surface area contributed by atoms with Crippen LogP contribution in [-0.4, -0.2) is 41.5 Å². The molecule has 0 spiro atoms. The molecule has 3 nitrogen and oxygen atoms in total. The third-order valence-electron chi connectivity index (χ3n) is 4.42. The Balaban J connectivity index is 1.76. The largest absolute Gasteiger partial charge is 0.371 e. The van der Waals surface area contributed by atoms with Gasteiger partial charge in [-0.2, -0.15) is 0 Å². The lowest BCUT2D eigenvalue weighted by Gasteiger charge is -2.32. The van der Waals surface area contributed by atoms with Crippen molar-refractivity contribution >= 4 is 31.9 Å². The molecule has 7 atom stereocenters. The van der Waals surface area contributed by atoms with Crippen molar-refractivity contribution in [3.8, 4) is 0 Å². The minimum absolute atomic E-state index is 0.0988. The molecule has 0 amide bonds. The molecule has 112 valence electrons. The van der Waals surface area contributed by atoms with Gasteiger partial charge in [0.15, 0.2) is 0 Å². The lowest BCUT2D eigenvalue weighted by atomic mass is 10.0. The average Bonchev–Trinajstić information content (AvgIpc) is 2.97. The second kappa shape index (κ2) is 6.64. The predicted molar refractivity (Wildman–Crippen MR) is 84.4 cm³/mol. The van der Waals surface area contributed by atoms with Gasteiger partial charge in [-0.25, -0.2) is 0 Å². The summed E-state index contributed by atoms with van der Waals surface area (Å²) in [5, 5.41) is 0. The van der Waals surface area contributed by atoms with Crippen molar-refractivity contribution in [2.75, 3.05) is 0 Å². The van der Waals surface area contributed by atoms with Crippen LogP contribution in [0.2, 0.25) is 0 Å². The summed E-state index contributed by atoms with van der Waals surface area (Å²) in [6.07, 6.45) is 6.91. The maximum atomic E-state index is 6.31. The molecule has 3 aliphatic heterocycles. The number of halogens is 2. The molecule has 3 saturated heterocycles. The number of rotatable bonds is 2. The van der Waals surface area contributed by atoms with E-state index in [9.17, 15) is 0 Å². The van der Waals surface area contributed by atoms with Crippen molar-refractivity contribution in [1.29, 1.82) is 0 Å².